The quantitative estimate of drug-likeness (QED) is 0.511. The van der Waals surface area contributed by atoms with Crippen LogP contribution in [0.4, 0.5) is 13.2 Å². The summed E-state index contributed by atoms with van der Waals surface area (Å²) in [5, 5.41) is 0. The van der Waals surface area contributed by atoms with Crippen LogP contribution in [-0.2, 0) is 0 Å². The Morgan fingerprint density at radius 2 is 1.71 bits per heavy atom. The fourth-order valence-electron chi connectivity index (χ4n) is 2.13. The first-order valence-electron chi connectivity index (χ1n) is 7.51. The summed E-state index contributed by atoms with van der Waals surface area (Å²) in [5.74, 6) is 0.209. The summed E-state index contributed by atoms with van der Waals surface area (Å²) in [6.45, 7) is 2.57. The molecule has 0 unspecified atom stereocenters. The first-order chi connectivity index (χ1) is 11.4. The number of benzene rings is 2. The summed E-state index contributed by atoms with van der Waals surface area (Å²) in [7, 11) is 0. The third-order valence-electron chi connectivity index (χ3n) is 3.31. The number of halogens is 3. The van der Waals surface area contributed by atoms with E-state index in [-0.39, 0.29) is 5.75 Å². The summed E-state index contributed by atoms with van der Waals surface area (Å²) in [6.07, 6.45) is -2.14. The van der Waals surface area contributed by atoms with Crippen molar-refractivity contribution < 1.29 is 27.4 Å². The average Bonchev–Trinajstić information content (AvgIpc) is 2.54. The molecule has 0 saturated heterocycles. The van der Waals surface area contributed by atoms with Crippen molar-refractivity contribution in [2.45, 2.75) is 26.1 Å². The number of hydrogen-bond donors (Lipinski definition) is 0. The van der Waals surface area contributed by atoms with Crippen LogP contribution >= 0.6 is 0 Å². The molecule has 2 rings (SSSR count). The molecular formula is C18H17F3O3. The summed E-state index contributed by atoms with van der Waals surface area (Å²) in [6, 6.07) is 10.6. The van der Waals surface area contributed by atoms with E-state index in [1.165, 1.54) is 24.3 Å². The van der Waals surface area contributed by atoms with E-state index in [4.69, 9.17) is 4.74 Å². The Bertz CT molecular complexity index is 679. The van der Waals surface area contributed by atoms with Gasteiger partial charge in [0, 0.05) is 0 Å². The lowest BCUT2D eigenvalue weighted by Crippen LogP contribution is -2.16. The third kappa shape index (κ3) is 5.01. The van der Waals surface area contributed by atoms with E-state index in [1.54, 1.807) is 18.2 Å². The summed E-state index contributed by atoms with van der Waals surface area (Å²) >= 11 is 0. The van der Waals surface area contributed by atoms with Crippen molar-refractivity contribution in [2.75, 3.05) is 6.61 Å². The molecular weight excluding hydrogens is 321 g/mol. The van der Waals surface area contributed by atoms with Crippen LogP contribution in [0.15, 0.2) is 42.5 Å². The lowest BCUT2D eigenvalue weighted by molar-refractivity contribution is -0.274. The number of aldehydes is 1. The van der Waals surface area contributed by atoms with Gasteiger partial charge in [-0.15, -0.1) is 13.2 Å². The SMILES string of the molecule is CCCCOc1ccc(-c2ccc(OC(F)(F)F)cc2)cc1C=O. The molecule has 0 N–H and O–H groups in total. The number of carbonyl (C=O) groups excluding carboxylic acids is 1. The normalized spacial score (nSPS) is 11.2. The molecule has 0 amide bonds. The molecule has 0 spiro atoms. The highest BCUT2D eigenvalue weighted by atomic mass is 19.4. The molecule has 128 valence electrons. The number of hydrogen-bond acceptors (Lipinski definition) is 3. The highest BCUT2D eigenvalue weighted by molar-refractivity contribution is 5.83. The number of rotatable bonds is 7. The van der Waals surface area contributed by atoms with Crippen LogP contribution in [0.3, 0.4) is 0 Å². The van der Waals surface area contributed by atoms with Gasteiger partial charge in [0.1, 0.15) is 11.5 Å². The first-order valence-corrected chi connectivity index (χ1v) is 7.51. The standard InChI is InChI=1S/C18H17F3O3/c1-2-3-10-23-17-9-6-14(11-15(17)12-22)13-4-7-16(8-5-13)24-18(19,20)21/h4-9,11-12H,2-3,10H2,1H3. The molecule has 0 bridgehead atoms. The number of ether oxygens (including phenoxy) is 2. The predicted octanol–water partition coefficient (Wildman–Crippen LogP) is 5.24. The topological polar surface area (TPSA) is 35.5 Å². The minimum absolute atomic E-state index is 0.290. The van der Waals surface area contributed by atoms with Gasteiger partial charge in [0.25, 0.3) is 0 Å². The van der Waals surface area contributed by atoms with Crippen molar-refractivity contribution in [1.82, 2.24) is 0 Å². The van der Waals surface area contributed by atoms with E-state index in [0.29, 0.717) is 35.3 Å². The molecule has 0 aliphatic carbocycles. The van der Waals surface area contributed by atoms with Crippen LogP contribution in [0.25, 0.3) is 11.1 Å². The molecule has 2 aromatic carbocycles. The second-order valence-electron chi connectivity index (χ2n) is 5.14. The van der Waals surface area contributed by atoms with Crippen molar-refractivity contribution in [1.29, 1.82) is 0 Å². The van der Waals surface area contributed by atoms with Crippen molar-refractivity contribution in [3.63, 3.8) is 0 Å². The molecule has 0 aliphatic heterocycles. The average molecular weight is 338 g/mol. The Hall–Kier alpha value is -2.50. The van der Waals surface area contributed by atoms with E-state index >= 15 is 0 Å². The first kappa shape index (κ1) is 17.8. The molecule has 3 nitrogen and oxygen atoms in total. The Kier molecular flexibility index (Phi) is 5.84. The van der Waals surface area contributed by atoms with Gasteiger partial charge in [-0.2, -0.15) is 0 Å². The minimum atomic E-state index is -4.72. The van der Waals surface area contributed by atoms with Gasteiger partial charge in [-0.3, -0.25) is 4.79 Å². The van der Waals surface area contributed by atoms with Gasteiger partial charge in [0.05, 0.1) is 12.2 Å². The molecule has 0 aliphatic rings. The zero-order chi connectivity index (χ0) is 17.6. The monoisotopic (exact) mass is 338 g/mol. The second kappa shape index (κ2) is 7.86. The molecule has 2 aromatic rings. The Labute approximate surface area is 138 Å². The largest absolute Gasteiger partial charge is 0.573 e. The lowest BCUT2D eigenvalue weighted by atomic mass is 10.0. The van der Waals surface area contributed by atoms with Crippen LogP contribution in [0.5, 0.6) is 11.5 Å². The number of unbranched alkanes of at least 4 members (excludes halogenated alkanes) is 1. The van der Waals surface area contributed by atoms with Gasteiger partial charge in [-0.25, -0.2) is 0 Å². The maximum atomic E-state index is 12.2. The highest BCUT2D eigenvalue weighted by Gasteiger charge is 2.30. The molecule has 0 radical (unpaired) electrons. The highest BCUT2D eigenvalue weighted by Crippen LogP contribution is 2.29. The maximum Gasteiger partial charge on any atom is 0.573 e. The van der Waals surface area contributed by atoms with Gasteiger partial charge in [-0.05, 0) is 41.8 Å². The smallest absolute Gasteiger partial charge is 0.493 e. The molecule has 24 heavy (non-hydrogen) atoms. The van der Waals surface area contributed by atoms with E-state index in [0.717, 1.165) is 12.8 Å². The van der Waals surface area contributed by atoms with Crippen LogP contribution in [0.2, 0.25) is 0 Å². The minimum Gasteiger partial charge on any atom is -0.493 e. The fraction of sp³-hybridized carbons (Fsp3) is 0.278. The van der Waals surface area contributed by atoms with Crippen molar-refractivity contribution in [3.8, 4) is 22.6 Å². The molecule has 0 heterocycles. The zero-order valence-electron chi connectivity index (χ0n) is 13.1. The van der Waals surface area contributed by atoms with Crippen LogP contribution in [0.1, 0.15) is 30.1 Å². The summed E-state index contributed by atoms with van der Waals surface area (Å²) in [4.78, 5) is 11.2. The second-order valence-corrected chi connectivity index (χ2v) is 5.14. The number of carbonyl (C=O) groups is 1. The molecule has 0 aromatic heterocycles. The van der Waals surface area contributed by atoms with E-state index in [2.05, 4.69) is 4.74 Å². The van der Waals surface area contributed by atoms with Gasteiger partial charge < -0.3 is 9.47 Å². The predicted molar refractivity (Wildman–Crippen MR) is 84.4 cm³/mol. The van der Waals surface area contributed by atoms with Crippen LogP contribution < -0.4 is 9.47 Å². The van der Waals surface area contributed by atoms with Gasteiger partial charge in [-0.1, -0.05) is 31.5 Å². The van der Waals surface area contributed by atoms with Gasteiger partial charge in [0.2, 0.25) is 0 Å². The van der Waals surface area contributed by atoms with Gasteiger partial charge in [0.15, 0.2) is 6.29 Å². The van der Waals surface area contributed by atoms with E-state index in [1.807, 2.05) is 6.92 Å². The molecule has 6 heteroatoms. The van der Waals surface area contributed by atoms with Gasteiger partial charge >= 0.3 is 6.36 Å². The zero-order valence-corrected chi connectivity index (χ0v) is 13.1. The molecule has 0 fully saturated rings. The van der Waals surface area contributed by atoms with Crippen molar-refractivity contribution in [3.05, 3.63) is 48.0 Å². The van der Waals surface area contributed by atoms with Crippen molar-refractivity contribution >= 4 is 6.29 Å². The van der Waals surface area contributed by atoms with Crippen molar-refractivity contribution in [2.24, 2.45) is 0 Å². The van der Waals surface area contributed by atoms with Crippen LogP contribution in [0, 0.1) is 0 Å². The van der Waals surface area contributed by atoms with E-state index < -0.39 is 6.36 Å². The Balaban J connectivity index is 2.18. The Morgan fingerprint density at radius 1 is 1.04 bits per heavy atom. The van der Waals surface area contributed by atoms with Crippen LogP contribution in [-0.4, -0.2) is 19.3 Å². The number of alkyl halides is 3. The Morgan fingerprint density at radius 3 is 2.29 bits per heavy atom. The maximum absolute atomic E-state index is 12.2. The summed E-state index contributed by atoms with van der Waals surface area (Å²) in [5.41, 5.74) is 1.78. The fourth-order valence-corrected chi connectivity index (χ4v) is 2.13. The summed E-state index contributed by atoms with van der Waals surface area (Å²) < 4.78 is 45.9. The molecule has 0 atom stereocenters. The third-order valence-corrected chi connectivity index (χ3v) is 3.31. The molecule has 0 saturated carbocycles. The lowest BCUT2D eigenvalue weighted by Gasteiger charge is -2.11. The van der Waals surface area contributed by atoms with E-state index in [9.17, 15) is 18.0 Å².